The number of amides is 2. The smallest absolute Gasteiger partial charge is 0.326 e. The van der Waals surface area contributed by atoms with Crippen molar-refractivity contribution >= 4 is 23.9 Å². The first kappa shape index (κ1) is 28.8. The molecule has 2 amide bonds. The van der Waals surface area contributed by atoms with Crippen molar-refractivity contribution in [3.63, 3.8) is 0 Å². The van der Waals surface area contributed by atoms with E-state index in [4.69, 9.17) is 26.8 Å². The molecule has 0 aliphatic heterocycles. The predicted octanol–water partition coefficient (Wildman–Crippen LogP) is 0.0991. The van der Waals surface area contributed by atoms with E-state index in [0.717, 1.165) is 5.56 Å². The molecule has 0 bridgehead atoms. The van der Waals surface area contributed by atoms with Crippen molar-refractivity contribution in [1.29, 1.82) is 0 Å². The number of nitrogens with two attached hydrogens (primary N) is 3. The zero-order chi connectivity index (χ0) is 26.2. The van der Waals surface area contributed by atoms with Crippen molar-refractivity contribution in [2.45, 2.75) is 51.2 Å². The van der Waals surface area contributed by atoms with Crippen LogP contribution in [0, 0.1) is 0 Å². The van der Waals surface area contributed by atoms with E-state index in [1.807, 2.05) is 6.07 Å². The number of carboxylic acids is 2. The molecule has 0 spiro atoms. The Labute approximate surface area is 202 Å². The number of rotatable bonds is 12. The van der Waals surface area contributed by atoms with Crippen molar-refractivity contribution < 1.29 is 29.1 Å². The fraction of sp³-hybridized carbons (Fsp3) is 0.429. The maximum Gasteiger partial charge on any atom is 0.326 e. The maximum absolute atomic E-state index is 12.1. The second-order valence-corrected chi connectivity index (χ2v) is 7.26. The van der Waals surface area contributed by atoms with E-state index in [2.05, 4.69) is 25.8 Å². The Morgan fingerprint density at radius 2 is 1.83 bits per heavy atom. The third kappa shape index (κ3) is 12.6. The topological polar surface area (TPSA) is 245 Å². The molecule has 14 nitrogen and oxygen atoms in total. The minimum atomic E-state index is -1.14. The molecule has 2 rings (SSSR count). The summed E-state index contributed by atoms with van der Waals surface area (Å²) in [6.07, 6.45) is 1.56. The normalized spacial score (nSPS) is 11.8. The van der Waals surface area contributed by atoms with E-state index in [-0.39, 0.29) is 31.2 Å². The van der Waals surface area contributed by atoms with Gasteiger partial charge in [0, 0.05) is 19.4 Å². The highest BCUT2D eigenvalue weighted by molar-refractivity contribution is 5.82. The van der Waals surface area contributed by atoms with Crippen LogP contribution in [0.1, 0.15) is 49.5 Å². The van der Waals surface area contributed by atoms with Gasteiger partial charge in [-0.15, -0.1) is 0 Å². The second kappa shape index (κ2) is 15.6. The van der Waals surface area contributed by atoms with Crippen LogP contribution in [0.2, 0.25) is 0 Å². The Bertz CT molecular complexity index is 962. The predicted molar refractivity (Wildman–Crippen MR) is 126 cm³/mol. The highest BCUT2D eigenvalue weighted by Gasteiger charge is 2.21. The van der Waals surface area contributed by atoms with Gasteiger partial charge in [-0.3, -0.25) is 9.79 Å². The third-order valence-electron chi connectivity index (χ3n) is 4.37. The lowest BCUT2D eigenvalue weighted by Crippen LogP contribution is -2.46. The van der Waals surface area contributed by atoms with Crippen molar-refractivity contribution in [1.82, 2.24) is 20.8 Å². The SMILES string of the molecule is CCC(=O)O.NC(N)=NCCCC(N)c1noc(CNC(=O)NC(Cc2ccccc2)C(=O)O)n1. The van der Waals surface area contributed by atoms with Gasteiger partial charge in [-0.1, -0.05) is 42.4 Å². The Kier molecular flexibility index (Phi) is 12.9. The zero-order valence-electron chi connectivity index (χ0n) is 19.4. The molecule has 14 heteroatoms. The van der Waals surface area contributed by atoms with Gasteiger partial charge in [-0.2, -0.15) is 4.98 Å². The number of hydrogen-bond donors (Lipinski definition) is 7. The molecule has 2 atom stereocenters. The lowest BCUT2D eigenvalue weighted by atomic mass is 10.1. The highest BCUT2D eigenvalue weighted by atomic mass is 16.5. The Morgan fingerprint density at radius 1 is 1.17 bits per heavy atom. The first-order valence-corrected chi connectivity index (χ1v) is 10.8. The molecule has 1 heterocycles. The Hall–Kier alpha value is -4.20. The molecule has 1 aromatic heterocycles. The number of urea groups is 1. The van der Waals surface area contributed by atoms with E-state index >= 15 is 0 Å². The Morgan fingerprint density at radius 3 is 2.40 bits per heavy atom. The van der Waals surface area contributed by atoms with Crippen LogP contribution in [-0.2, 0) is 22.6 Å². The molecule has 0 aliphatic rings. The summed E-state index contributed by atoms with van der Waals surface area (Å²) in [6, 6.07) is 6.79. The zero-order valence-corrected chi connectivity index (χ0v) is 19.4. The number of nitrogens with zero attached hydrogens (tertiary/aromatic N) is 3. The number of nitrogens with one attached hydrogen (secondary N) is 2. The Balaban J connectivity index is 0.00000111. The summed E-state index contributed by atoms with van der Waals surface area (Å²) in [7, 11) is 0. The minimum Gasteiger partial charge on any atom is -0.481 e. The van der Waals surface area contributed by atoms with Gasteiger partial charge < -0.3 is 42.6 Å². The molecule has 10 N–H and O–H groups in total. The van der Waals surface area contributed by atoms with Gasteiger partial charge in [0.15, 0.2) is 11.8 Å². The number of benzene rings is 1. The van der Waals surface area contributed by atoms with Crippen LogP contribution in [0.4, 0.5) is 4.79 Å². The van der Waals surface area contributed by atoms with E-state index in [0.29, 0.717) is 25.2 Å². The van der Waals surface area contributed by atoms with Crippen LogP contribution >= 0.6 is 0 Å². The van der Waals surface area contributed by atoms with Crippen LogP contribution in [0.5, 0.6) is 0 Å². The van der Waals surface area contributed by atoms with Crippen molar-refractivity contribution in [3.8, 4) is 0 Å². The quantitative estimate of drug-likeness (QED) is 0.119. The maximum atomic E-state index is 12.1. The van der Waals surface area contributed by atoms with Crippen LogP contribution < -0.4 is 27.8 Å². The number of carbonyl (C=O) groups excluding carboxylic acids is 1. The van der Waals surface area contributed by atoms with E-state index < -0.39 is 30.1 Å². The molecule has 0 radical (unpaired) electrons. The average Bonchev–Trinajstić information content (AvgIpc) is 3.30. The number of carbonyl (C=O) groups is 3. The van der Waals surface area contributed by atoms with Gasteiger partial charge in [-0.25, -0.2) is 9.59 Å². The molecule has 35 heavy (non-hydrogen) atoms. The number of guanidine groups is 1. The summed E-state index contributed by atoms with van der Waals surface area (Å²) < 4.78 is 5.06. The lowest BCUT2D eigenvalue weighted by Gasteiger charge is -2.14. The molecule has 2 aromatic rings. The van der Waals surface area contributed by atoms with Crippen molar-refractivity contribution in [2.24, 2.45) is 22.2 Å². The van der Waals surface area contributed by atoms with Gasteiger partial charge in [0.05, 0.1) is 12.6 Å². The fourth-order valence-corrected chi connectivity index (χ4v) is 2.55. The molecule has 2 unspecified atom stereocenters. The summed E-state index contributed by atoms with van der Waals surface area (Å²) in [5.74, 6) is -1.42. The first-order valence-electron chi connectivity index (χ1n) is 10.8. The summed E-state index contributed by atoms with van der Waals surface area (Å²) in [4.78, 5) is 40.8. The monoisotopic (exact) mass is 492 g/mol. The molecule has 0 aliphatic carbocycles. The fourth-order valence-electron chi connectivity index (χ4n) is 2.55. The number of aliphatic imine (C=N–C) groups is 1. The van der Waals surface area contributed by atoms with Crippen molar-refractivity contribution in [3.05, 3.63) is 47.6 Å². The van der Waals surface area contributed by atoms with Crippen LogP contribution in [-0.4, -0.2) is 56.9 Å². The number of carboxylic acid groups (broad SMARTS) is 2. The van der Waals surface area contributed by atoms with Crippen LogP contribution in [0.25, 0.3) is 0 Å². The molecule has 0 fully saturated rings. The van der Waals surface area contributed by atoms with Gasteiger partial charge in [-0.05, 0) is 18.4 Å². The molecular formula is C21H32N8O6. The first-order chi connectivity index (χ1) is 16.6. The van der Waals surface area contributed by atoms with Gasteiger partial charge in [0.25, 0.3) is 0 Å². The van der Waals surface area contributed by atoms with E-state index in [1.165, 1.54) is 0 Å². The molecule has 192 valence electrons. The highest BCUT2D eigenvalue weighted by Crippen LogP contribution is 2.12. The largest absolute Gasteiger partial charge is 0.481 e. The van der Waals surface area contributed by atoms with Gasteiger partial charge >= 0.3 is 18.0 Å². The lowest BCUT2D eigenvalue weighted by molar-refractivity contribution is -0.139. The van der Waals surface area contributed by atoms with Crippen LogP contribution in [0.15, 0.2) is 39.8 Å². The van der Waals surface area contributed by atoms with Crippen LogP contribution in [0.3, 0.4) is 0 Å². The third-order valence-corrected chi connectivity index (χ3v) is 4.37. The second-order valence-electron chi connectivity index (χ2n) is 7.26. The average molecular weight is 493 g/mol. The van der Waals surface area contributed by atoms with Gasteiger partial charge in [0.2, 0.25) is 5.89 Å². The number of hydrogen-bond acceptors (Lipinski definition) is 8. The molecular weight excluding hydrogens is 460 g/mol. The standard InChI is InChI=1S/C18H26N8O4.C3H6O2/c19-12(7-4-8-22-17(20)21)15-25-14(30-26-15)10-23-18(29)24-13(16(27)28)9-11-5-2-1-3-6-11;1-2-3(4)5/h1-3,5-6,12-13H,4,7-10,19H2,(H,27,28)(H4,20,21,22)(H2,23,24,29);2H2,1H3,(H,4,5). The van der Waals surface area contributed by atoms with Crippen molar-refractivity contribution in [2.75, 3.05) is 6.54 Å². The summed E-state index contributed by atoms with van der Waals surface area (Å²) >= 11 is 0. The molecule has 0 saturated heterocycles. The van der Waals surface area contributed by atoms with E-state index in [9.17, 15) is 19.5 Å². The summed E-state index contributed by atoms with van der Waals surface area (Å²) in [5, 5.41) is 25.7. The minimum absolute atomic E-state index is 0.0173. The summed E-state index contributed by atoms with van der Waals surface area (Å²) in [5.41, 5.74) is 17.3. The summed E-state index contributed by atoms with van der Waals surface area (Å²) in [6.45, 7) is 1.97. The van der Waals surface area contributed by atoms with E-state index in [1.54, 1.807) is 31.2 Å². The molecule has 0 saturated carbocycles. The van der Waals surface area contributed by atoms with Gasteiger partial charge in [0.1, 0.15) is 6.04 Å². The molecule has 1 aromatic carbocycles. The number of aromatic nitrogens is 2. The number of aliphatic carboxylic acids is 2.